The molecule has 0 bridgehead atoms. The number of ether oxygens (including phenoxy) is 4. The lowest BCUT2D eigenvalue weighted by Crippen LogP contribution is -2.60. The summed E-state index contributed by atoms with van der Waals surface area (Å²) in [5.74, 6) is 1.20. The third kappa shape index (κ3) is 19.0. The van der Waals surface area contributed by atoms with Crippen LogP contribution in [-0.2, 0) is 41.9 Å². The Morgan fingerprint density at radius 1 is 0.513 bits per heavy atom. The molecule has 0 saturated carbocycles. The van der Waals surface area contributed by atoms with Gasteiger partial charge in [-0.15, -0.1) is 0 Å². The molecule has 0 spiro atoms. The average molecular weight is 1640 g/mol. The first-order valence-corrected chi connectivity index (χ1v) is 39.7. The Morgan fingerprint density at radius 3 is 1.38 bits per heavy atom. The van der Waals surface area contributed by atoms with E-state index in [1.54, 1.807) is 30.2 Å². The minimum Gasteiger partial charge on any atom is -0.399 e. The minimum atomic E-state index is -1.56. The molecule has 0 radical (unpaired) electrons. The Kier molecular flexibility index (Phi) is 29.0. The van der Waals surface area contributed by atoms with Crippen LogP contribution in [0.4, 0.5) is 0 Å². The van der Waals surface area contributed by atoms with E-state index in [0.717, 1.165) is 77.0 Å². The summed E-state index contributed by atoms with van der Waals surface area (Å²) >= 11 is 3.64. The van der Waals surface area contributed by atoms with Crippen LogP contribution in [0, 0.1) is 53.4 Å². The zero-order valence-electron chi connectivity index (χ0n) is 67.3. The second-order valence-corrected chi connectivity index (χ2v) is 33.1. The highest BCUT2D eigenvalue weighted by molar-refractivity contribution is 9.10. The number of halogens is 1. The van der Waals surface area contributed by atoms with Crippen LogP contribution < -0.4 is 22.1 Å². The number of nitrogens with one attached hydrogen (secondary N) is 2. The van der Waals surface area contributed by atoms with E-state index in [4.69, 9.17) is 28.3 Å². The van der Waals surface area contributed by atoms with Crippen LogP contribution in [0.15, 0.2) is 177 Å². The van der Waals surface area contributed by atoms with Gasteiger partial charge < -0.3 is 93.9 Å². The highest BCUT2D eigenvalue weighted by Gasteiger charge is 2.53. The predicted octanol–water partition coefficient (Wildman–Crippen LogP) is 11.1. The van der Waals surface area contributed by atoms with Crippen LogP contribution in [0.5, 0.6) is 0 Å². The number of nitrogens with zero attached hydrogens (tertiary/aromatic N) is 1. The summed E-state index contributed by atoms with van der Waals surface area (Å²) in [7, 11) is 1.31. The Hall–Kier alpha value is -7.93. The van der Waals surface area contributed by atoms with Crippen LogP contribution in [0.1, 0.15) is 143 Å². The summed E-state index contributed by atoms with van der Waals surface area (Å²) in [6, 6.07) is 45.0. The molecule has 0 aliphatic carbocycles. The number of H-pyrrole nitrogens is 2. The molecule has 4 fully saturated rings. The van der Waals surface area contributed by atoms with E-state index < -0.39 is 93.6 Å². The van der Waals surface area contributed by atoms with Crippen molar-refractivity contribution in [2.24, 2.45) is 18.9 Å². The molecule has 18 atom stereocenters. The van der Waals surface area contributed by atoms with Crippen LogP contribution in [0.25, 0.3) is 54.6 Å². The van der Waals surface area contributed by atoms with Crippen molar-refractivity contribution in [2.45, 2.75) is 226 Å². The monoisotopic (exact) mass is 1640 g/mol. The van der Waals surface area contributed by atoms with Crippen LogP contribution in [-0.4, -0.2) is 176 Å². The number of hydrogen-bond donors (Lipinski definition) is 12. The lowest BCUT2D eigenvalue weighted by atomic mass is 9.75. The molecule has 14 rings (SSSR count). The summed E-state index contributed by atoms with van der Waals surface area (Å²) in [6.07, 6.45) is -9.96. The maximum absolute atomic E-state index is 12.2. The molecular weight excluding hydrogens is 1530 g/mol. The van der Waals surface area contributed by atoms with E-state index in [9.17, 15) is 65.4 Å². The van der Waals surface area contributed by atoms with Crippen molar-refractivity contribution >= 4 is 60.8 Å². The van der Waals surface area contributed by atoms with Gasteiger partial charge in [-0.2, -0.15) is 0 Å². The van der Waals surface area contributed by atoms with E-state index in [-0.39, 0.29) is 59.5 Å². The molecule has 12 N–H and O–H groups in total. The molecule has 4 saturated heterocycles. The Labute approximate surface area is 680 Å². The van der Waals surface area contributed by atoms with Gasteiger partial charge in [0.15, 0.2) is 0 Å². The molecule has 3 aromatic heterocycles. The summed E-state index contributed by atoms with van der Waals surface area (Å²) in [5, 5.41) is 106. The Bertz CT molecular complexity index is 4950. The van der Waals surface area contributed by atoms with Crippen LogP contribution in [0.2, 0.25) is 0 Å². The SMILES string of the molecule is C.CCC1O[C@H]([C@@H](C)c2c(C)cc(Br)cc2C)C(OCc2ccccc2)[C@@H](C)[C@@H]1C.Cc1cc(-c2ccc3cc[nH]c(=O)c3c2)cc(C)c1[C@H](O)[C@H]1OC(CO)[C@@H](O)[C@H](O)C1O.Cc1cc(-c2ccc3cc[nH]c(=O)c3c2)cc(C)c1[C@H](O)[C@H]1OC(CO)[C@@H](O)[C@H](O)C1O.Cn1ccc2ccc(B3OC(C)(C)C(C)(C)O3)cc2c1=O. The molecule has 24 heteroatoms. The fraction of sp³-hybridized carbons (Fsp3) is 0.440. The van der Waals surface area contributed by atoms with Gasteiger partial charge in [-0.25, -0.2) is 0 Å². The maximum Gasteiger partial charge on any atom is 0.494 e. The van der Waals surface area contributed by atoms with Crippen molar-refractivity contribution in [3.63, 3.8) is 0 Å². The number of aryl methyl sites for hydroxylation is 7. The predicted molar refractivity (Wildman–Crippen MR) is 452 cm³/mol. The number of aliphatic hydroxyl groups excluding tert-OH is 10. The maximum atomic E-state index is 12.2. The van der Waals surface area contributed by atoms with Crippen LogP contribution in [0.3, 0.4) is 0 Å². The largest absolute Gasteiger partial charge is 0.494 e. The van der Waals surface area contributed by atoms with Crippen molar-refractivity contribution in [2.75, 3.05) is 13.2 Å². The standard InChI is InChI=1S/C26H35BrO2.2C24H27NO7.C16H20BNO3.CH4/c1-7-23-18(4)19(5)25(28-15-21-11-9-8-10-12-21)26(29-23)20(6)24-16(2)13-22(27)14-17(24)3;2*1-11-7-15(14-4-3-13-5-6-25-24(31)16(13)9-14)8-12(2)18(11)20(28)23-22(30)21(29)19(27)17(10-26)32-23;1-15(2)16(3,4)21-17(20-15)12-7-6-11-8-9-18(5)14(19)13(11)10-12;/h8-14,18-20,23,25-26H,7,15H2,1-6H3;2*3-9,17,19-23,26-30H,10H2,1-2H3,(H,25,31);6-10H,1-5H3;1H4/t18-,19-,20-,23?,25?,26+;2*17?,19-,20+,21+,22?,23-;;/m011../s1. The number of aromatic nitrogens is 3. The number of rotatable bonds is 15. The summed E-state index contributed by atoms with van der Waals surface area (Å²) in [6.45, 7) is 28.4. The average Bonchev–Trinajstić information content (AvgIpc) is 1.61. The number of benzene rings is 7. The third-order valence-electron chi connectivity index (χ3n) is 23.9. The molecule has 6 unspecified atom stereocenters. The number of fused-ring (bicyclic) bond motifs is 3. The highest BCUT2D eigenvalue weighted by atomic mass is 79.9. The first-order valence-electron chi connectivity index (χ1n) is 39.0. The summed E-state index contributed by atoms with van der Waals surface area (Å²) < 4.78 is 39.2. The molecule has 4 aliphatic rings. The Balaban J connectivity index is 0.000000163. The van der Waals surface area contributed by atoms with E-state index in [1.807, 2.05) is 159 Å². The van der Waals surface area contributed by atoms with Gasteiger partial charge in [0.2, 0.25) is 0 Å². The topological polar surface area (TPSA) is 345 Å². The molecule has 0 amide bonds. The normalized spacial score (nSPS) is 25.8. The first kappa shape index (κ1) is 89.4. The van der Waals surface area contributed by atoms with Crippen molar-refractivity contribution in [3.8, 4) is 22.3 Å². The molecule has 115 heavy (non-hydrogen) atoms. The van der Waals surface area contributed by atoms with Crippen molar-refractivity contribution in [1.82, 2.24) is 14.5 Å². The van der Waals surface area contributed by atoms with Gasteiger partial charge >= 0.3 is 7.12 Å². The van der Waals surface area contributed by atoms with Gasteiger partial charge in [0, 0.05) is 52.2 Å². The van der Waals surface area contributed by atoms with Gasteiger partial charge in [0.25, 0.3) is 16.7 Å². The number of aromatic amines is 2. The van der Waals surface area contributed by atoms with E-state index in [0.29, 0.717) is 45.7 Å². The van der Waals surface area contributed by atoms with Crippen molar-refractivity contribution in [1.29, 1.82) is 0 Å². The fourth-order valence-electron chi connectivity index (χ4n) is 16.6. The van der Waals surface area contributed by atoms with Gasteiger partial charge in [-0.1, -0.05) is 142 Å². The second kappa shape index (κ2) is 37.4. The van der Waals surface area contributed by atoms with E-state index in [1.165, 1.54) is 22.3 Å². The highest BCUT2D eigenvalue weighted by Crippen LogP contribution is 2.44. The van der Waals surface area contributed by atoms with Gasteiger partial charge in [0.05, 0.1) is 49.3 Å². The molecule has 10 aromatic rings. The molecule has 7 aromatic carbocycles. The summed E-state index contributed by atoms with van der Waals surface area (Å²) in [4.78, 5) is 41.9. The van der Waals surface area contributed by atoms with Gasteiger partial charge in [0.1, 0.15) is 73.2 Å². The van der Waals surface area contributed by atoms with Crippen molar-refractivity contribution in [3.05, 3.63) is 249 Å². The van der Waals surface area contributed by atoms with Gasteiger partial charge in [-0.3, -0.25) is 14.4 Å². The summed E-state index contributed by atoms with van der Waals surface area (Å²) in [5.41, 5.74) is 12.4. The minimum absolute atomic E-state index is 0. The fourth-order valence-corrected chi connectivity index (χ4v) is 17.2. The zero-order chi connectivity index (χ0) is 82.9. The van der Waals surface area contributed by atoms with Crippen molar-refractivity contribution < 1.29 is 79.3 Å². The van der Waals surface area contributed by atoms with E-state index >= 15 is 0 Å². The third-order valence-corrected chi connectivity index (χ3v) is 24.3. The van der Waals surface area contributed by atoms with Gasteiger partial charge in [-0.05, 0) is 236 Å². The smallest absolute Gasteiger partial charge is 0.399 e. The molecular formula is C91H113BBrN3O19. The number of hydrogen-bond acceptors (Lipinski definition) is 19. The lowest BCUT2D eigenvalue weighted by molar-refractivity contribution is -0.250. The van der Waals surface area contributed by atoms with E-state index in [2.05, 4.69) is 104 Å². The number of pyridine rings is 3. The first-order chi connectivity index (χ1) is 54.0. The molecule has 4 aliphatic heterocycles. The molecule has 7 heterocycles. The number of aliphatic hydroxyl groups is 10. The molecule has 22 nitrogen and oxygen atoms in total. The lowest BCUT2D eigenvalue weighted by Gasteiger charge is -2.47. The zero-order valence-corrected chi connectivity index (χ0v) is 68.9. The molecule has 616 valence electrons. The quantitative estimate of drug-likeness (QED) is 0.0424. The second-order valence-electron chi connectivity index (χ2n) is 32.2. The Morgan fingerprint density at radius 2 is 0.939 bits per heavy atom. The van der Waals surface area contributed by atoms with Crippen LogP contribution >= 0.6 is 15.9 Å².